The largest absolute Gasteiger partial charge is 0.338 e. The summed E-state index contributed by atoms with van der Waals surface area (Å²) in [6.07, 6.45) is 5.39. The Kier molecular flexibility index (Phi) is 3.09. The second kappa shape index (κ2) is 4.63. The minimum Gasteiger partial charge on any atom is -0.338 e. The average molecular weight is 262 g/mol. The molecule has 2 aliphatic heterocycles. The summed E-state index contributed by atoms with van der Waals surface area (Å²) in [5, 5.41) is 7.67. The zero-order valence-electron chi connectivity index (χ0n) is 11.8. The molecular weight excluding hydrogens is 240 g/mol. The van der Waals surface area contributed by atoms with E-state index >= 15 is 0 Å². The van der Waals surface area contributed by atoms with Crippen LogP contribution in [0.2, 0.25) is 0 Å². The maximum atomic E-state index is 12.6. The minimum absolute atomic E-state index is 0.154. The number of likely N-dealkylation sites (tertiary alicyclic amines) is 1. The third kappa shape index (κ3) is 2.27. The van der Waals surface area contributed by atoms with Crippen molar-refractivity contribution in [1.82, 2.24) is 20.0 Å². The first kappa shape index (κ1) is 12.7. The van der Waals surface area contributed by atoms with E-state index in [1.54, 1.807) is 4.68 Å². The molecule has 2 saturated heterocycles. The van der Waals surface area contributed by atoms with Gasteiger partial charge in [0.05, 0.1) is 11.3 Å². The summed E-state index contributed by atoms with van der Waals surface area (Å²) >= 11 is 0. The molecule has 0 aliphatic carbocycles. The first-order chi connectivity index (χ1) is 9.10. The molecule has 3 rings (SSSR count). The van der Waals surface area contributed by atoms with Crippen molar-refractivity contribution in [2.24, 2.45) is 12.5 Å². The SMILES string of the molecule is Cc1nn(C)cc1C(=O)N1CCC2(CCNCC2)C1. The van der Waals surface area contributed by atoms with Gasteiger partial charge in [-0.15, -0.1) is 0 Å². The van der Waals surface area contributed by atoms with Gasteiger partial charge in [0.1, 0.15) is 0 Å². The van der Waals surface area contributed by atoms with E-state index in [0.29, 0.717) is 5.41 Å². The van der Waals surface area contributed by atoms with Crippen molar-refractivity contribution in [1.29, 1.82) is 0 Å². The number of hydrogen-bond acceptors (Lipinski definition) is 3. The Morgan fingerprint density at radius 2 is 2.11 bits per heavy atom. The van der Waals surface area contributed by atoms with E-state index < -0.39 is 0 Å². The first-order valence-corrected chi connectivity index (χ1v) is 7.10. The molecule has 1 spiro atoms. The summed E-state index contributed by atoms with van der Waals surface area (Å²) in [5.74, 6) is 0.154. The molecule has 2 aliphatic rings. The zero-order valence-corrected chi connectivity index (χ0v) is 11.8. The predicted molar refractivity (Wildman–Crippen MR) is 73.0 cm³/mol. The third-order valence-electron chi connectivity index (χ3n) is 4.63. The molecule has 19 heavy (non-hydrogen) atoms. The number of amides is 1. The van der Waals surface area contributed by atoms with Crippen molar-refractivity contribution in [3.8, 4) is 0 Å². The van der Waals surface area contributed by atoms with Crippen LogP contribution in [0.3, 0.4) is 0 Å². The van der Waals surface area contributed by atoms with Crippen molar-refractivity contribution >= 4 is 5.91 Å². The Bertz CT molecular complexity index is 488. The molecule has 5 nitrogen and oxygen atoms in total. The van der Waals surface area contributed by atoms with Gasteiger partial charge in [-0.2, -0.15) is 5.10 Å². The van der Waals surface area contributed by atoms with E-state index in [-0.39, 0.29) is 5.91 Å². The highest BCUT2D eigenvalue weighted by molar-refractivity contribution is 5.95. The fourth-order valence-electron chi connectivity index (χ4n) is 3.45. The molecule has 3 heterocycles. The van der Waals surface area contributed by atoms with E-state index in [4.69, 9.17) is 0 Å². The molecule has 0 atom stereocenters. The van der Waals surface area contributed by atoms with Crippen LogP contribution < -0.4 is 5.32 Å². The number of carbonyl (C=O) groups is 1. The lowest BCUT2D eigenvalue weighted by Crippen LogP contribution is -2.39. The molecule has 0 saturated carbocycles. The summed E-state index contributed by atoms with van der Waals surface area (Å²) in [4.78, 5) is 14.6. The Balaban J connectivity index is 1.74. The van der Waals surface area contributed by atoms with E-state index in [9.17, 15) is 4.79 Å². The van der Waals surface area contributed by atoms with E-state index in [1.807, 2.05) is 25.1 Å². The van der Waals surface area contributed by atoms with Crippen LogP contribution in [0.25, 0.3) is 0 Å². The zero-order chi connectivity index (χ0) is 13.5. The fraction of sp³-hybridized carbons (Fsp3) is 0.714. The Morgan fingerprint density at radius 1 is 1.37 bits per heavy atom. The number of rotatable bonds is 1. The predicted octanol–water partition coefficient (Wildman–Crippen LogP) is 0.944. The maximum absolute atomic E-state index is 12.6. The maximum Gasteiger partial charge on any atom is 0.257 e. The average Bonchev–Trinajstić information content (AvgIpc) is 2.94. The molecule has 5 heteroatoms. The Morgan fingerprint density at radius 3 is 2.74 bits per heavy atom. The highest BCUT2D eigenvalue weighted by Gasteiger charge is 2.41. The second-order valence-electron chi connectivity index (χ2n) is 6.03. The number of hydrogen-bond donors (Lipinski definition) is 1. The molecule has 104 valence electrons. The highest BCUT2D eigenvalue weighted by Crippen LogP contribution is 2.39. The van der Waals surface area contributed by atoms with Crippen LogP contribution in [-0.4, -0.2) is 46.8 Å². The summed E-state index contributed by atoms with van der Waals surface area (Å²) in [6, 6.07) is 0. The summed E-state index contributed by atoms with van der Waals surface area (Å²) < 4.78 is 1.72. The smallest absolute Gasteiger partial charge is 0.257 e. The summed E-state index contributed by atoms with van der Waals surface area (Å²) in [5.41, 5.74) is 1.96. The lowest BCUT2D eigenvalue weighted by Gasteiger charge is -2.33. The molecule has 0 aromatic carbocycles. The number of aromatic nitrogens is 2. The monoisotopic (exact) mass is 262 g/mol. The van der Waals surface area contributed by atoms with Gasteiger partial charge in [-0.1, -0.05) is 0 Å². The summed E-state index contributed by atoms with van der Waals surface area (Å²) in [6.45, 7) is 5.90. The molecular formula is C14H22N4O. The fourth-order valence-corrected chi connectivity index (χ4v) is 3.45. The van der Waals surface area contributed by atoms with Crippen LogP contribution in [-0.2, 0) is 7.05 Å². The molecule has 1 aromatic heterocycles. The van der Waals surface area contributed by atoms with Crippen LogP contribution in [0.15, 0.2) is 6.20 Å². The number of piperidine rings is 1. The van der Waals surface area contributed by atoms with Gasteiger partial charge in [-0.3, -0.25) is 9.48 Å². The van der Waals surface area contributed by atoms with Gasteiger partial charge in [0, 0.05) is 26.3 Å². The Labute approximate surface area is 114 Å². The lowest BCUT2D eigenvalue weighted by atomic mass is 9.78. The van der Waals surface area contributed by atoms with Gasteiger partial charge in [-0.25, -0.2) is 0 Å². The number of nitrogens with zero attached hydrogens (tertiary/aromatic N) is 3. The number of aryl methyl sites for hydroxylation is 2. The van der Waals surface area contributed by atoms with Gasteiger partial charge in [0.2, 0.25) is 0 Å². The highest BCUT2D eigenvalue weighted by atomic mass is 16.2. The first-order valence-electron chi connectivity index (χ1n) is 7.10. The number of carbonyl (C=O) groups excluding carboxylic acids is 1. The molecule has 1 amide bonds. The van der Waals surface area contributed by atoms with Crippen molar-refractivity contribution in [3.05, 3.63) is 17.5 Å². The van der Waals surface area contributed by atoms with Gasteiger partial charge in [0.25, 0.3) is 5.91 Å². The van der Waals surface area contributed by atoms with Crippen molar-refractivity contribution in [3.63, 3.8) is 0 Å². The third-order valence-corrected chi connectivity index (χ3v) is 4.63. The number of nitrogens with one attached hydrogen (secondary N) is 1. The van der Waals surface area contributed by atoms with Crippen LogP contribution in [0.5, 0.6) is 0 Å². The van der Waals surface area contributed by atoms with Crippen LogP contribution >= 0.6 is 0 Å². The molecule has 0 radical (unpaired) electrons. The van der Waals surface area contributed by atoms with Crippen LogP contribution in [0.4, 0.5) is 0 Å². The summed E-state index contributed by atoms with van der Waals surface area (Å²) in [7, 11) is 1.86. The van der Waals surface area contributed by atoms with Crippen molar-refractivity contribution in [2.45, 2.75) is 26.2 Å². The normalized spacial score (nSPS) is 22.1. The van der Waals surface area contributed by atoms with Gasteiger partial charge < -0.3 is 10.2 Å². The van der Waals surface area contributed by atoms with Crippen LogP contribution in [0.1, 0.15) is 35.3 Å². The topological polar surface area (TPSA) is 50.2 Å². The van der Waals surface area contributed by atoms with Crippen molar-refractivity contribution in [2.75, 3.05) is 26.2 Å². The lowest BCUT2D eigenvalue weighted by molar-refractivity contribution is 0.0761. The minimum atomic E-state index is 0.154. The van der Waals surface area contributed by atoms with E-state index in [1.165, 1.54) is 12.8 Å². The van der Waals surface area contributed by atoms with Crippen molar-refractivity contribution < 1.29 is 4.79 Å². The standard InChI is InChI=1S/C14H22N4O/c1-11-12(9-17(2)16-11)13(19)18-8-5-14(10-18)3-6-15-7-4-14/h9,15H,3-8,10H2,1-2H3. The van der Waals surface area contributed by atoms with E-state index in [0.717, 1.165) is 43.9 Å². The van der Waals surface area contributed by atoms with Gasteiger partial charge in [-0.05, 0) is 44.7 Å². The second-order valence-corrected chi connectivity index (χ2v) is 6.03. The Hall–Kier alpha value is -1.36. The van der Waals surface area contributed by atoms with E-state index in [2.05, 4.69) is 10.4 Å². The molecule has 2 fully saturated rings. The van der Waals surface area contributed by atoms with Gasteiger partial charge in [0.15, 0.2) is 0 Å². The quantitative estimate of drug-likeness (QED) is 0.819. The molecule has 1 N–H and O–H groups in total. The van der Waals surface area contributed by atoms with Gasteiger partial charge >= 0.3 is 0 Å². The molecule has 1 aromatic rings. The molecule has 0 bridgehead atoms. The molecule has 0 unspecified atom stereocenters. The van der Waals surface area contributed by atoms with Crippen LogP contribution in [0, 0.1) is 12.3 Å².